The number of aromatic nitrogens is 2. The Labute approximate surface area is 169 Å². The fourth-order valence-corrected chi connectivity index (χ4v) is 3.14. The summed E-state index contributed by atoms with van der Waals surface area (Å²) in [6.07, 6.45) is 0.365. The monoisotopic (exact) mass is 399 g/mol. The quantitative estimate of drug-likeness (QED) is 0.619. The molecule has 9 nitrogen and oxygen atoms in total. The summed E-state index contributed by atoms with van der Waals surface area (Å²) in [5.41, 5.74) is 0.999. The molecule has 2 aromatic rings. The van der Waals surface area contributed by atoms with Gasteiger partial charge in [0.05, 0.1) is 11.0 Å². The van der Waals surface area contributed by atoms with E-state index in [-0.39, 0.29) is 11.7 Å². The summed E-state index contributed by atoms with van der Waals surface area (Å²) < 4.78 is 5.32. The van der Waals surface area contributed by atoms with Gasteiger partial charge in [0.1, 0.15) is 11.4 Å². The molecule has 0 aliphatic carbocycles. The first kappa shape index (κ1) is 20.5. The van der Waals surface area contributed by atoms with Crippen LogP contribution in [0.2, 0.25) is 0 Å². The Morgan fingerprint density at radius 3 is 2.59 bits per heavy atom. The largest absolute Gasteiger partial charge is 0.444 e. The second-order valence-electron chi connectivity index (χ2n) is 8.07. The lowest BCUT2D eigenvalue weighted by Gasteiger charge is -2.22. The van der Waals surface area contributed by atoms with Crippen molar-refractivity contribution in [2.45, 2.75) is 45.8 Å². The number of carbonyl (C=O) groups excluding carboxylic acids is 1. The van der Waals surface area contributed by atoms with Crippen molar-refractivity contribution < 1.29 is 14.5 Å². The van der Waals surface area contributed by atoms with Gasteiger partial charge in [-0.3, -0.25) is 10.1 Å². The van der Waals surface area contributed by atoms with Crippen LogP contribution in [-0.2, 0) is 4.74 Å². The number of carbonyl (C=O) groups is 1. The third-order valence-electron chi connectivity index (χ3n) is 4.41. The Morgan fingerprint density at radius 1 is 1.28 bits per heavy atom. The molecule has 1 atom stereocenters. The van der Waals surface area contributed by atoms with Crippen molar-refractivity contribution in [1.82, 2.24) is 15.3 Å². The van der Waals surface area contributed by atoms with Crippen molar-refractivity contribution in [1.29, 1.82) is 0 Å². The van der Waals surface area contributed by atoms with Gasteiger partial charge < -0.3 is 15.0 Å². The minimum Gasteiger partial charge on any atom is -0.444 e. The van der Waals surface area contributed by atoms with Crippen molar-refractivity contribution in [2.24, 2.45) is 0 Å². The molecule has 0 radical (unpaired) electrons. The van der Waals surface area contributed by atoms with E-state index in [1.54, 1.807) is 12.1 Å². The number of ether oxygens (including phenoxy) is 1. The molecular weight excluding hydrogens is 374 g/mol. The lowest BCUT2D eigenvalue weighted by atomic mass is 10.2. The Hall–Kier alpha value is -3.23. The molecule has 1 fully saturated rings. The number of benzene rings is 1. The lowest BCUT2D eigenvalue weighted by molar-refractivity contribution is -0.384. The summed E-state index contributed by atoms with van der Waals surface area (Å²) in [5, 5.41) is 13.7. The van der Waals surface area contributed by atoms with Crippen molar-refractivity contribution >= 4 is 17.6 Å². The standard InChI is InChI=1S/C20H25N5O4/c1-13-11-17(23-18(21-13)14-5-7-16(8-6-14)25(27)28)24-10-9-15(12-24)22-19(26)29-20(2,3)4/h5-8,11,15H,9-10,12H2,1-4H3,(H,22,26). The van der Waals surface area contributed by atoms with Crippen molar-refractivity contribution in [2.75, 3.05) is 18.0 Å². The summed E-state index contributed by atoms with van der Waals surface area (Å²) in [6.45, 7) is 8.74. The number of non-ortho nitro benzene ring substituents is 1. The van der Waals surface area contributed by atoms with Crippen LogP contribution in [0.15, 0.2) is 30.3 Å². The molecule has 1 N–H and O–H groups in total. The fourth-order valence-electron chi connectivity index (χ4n) is 3.14. The van der Waals surface area contributed by atoms with E-state index < -0.39 is 16.6 Å². The molecule has 9 heteroatoms. The van der Waals surface area contributed by atoms with Crippen LogP contribution in [0.5, 0.6) is 0 Å². The van der Waals surface area contributed by atoms with Crippen molar-refractivity contribution in [3.63, 3.8) is 0 Å². The second-order valence-corrected chi connectivity index (χ2v) is 8.07. The molecule has 2 heterocycles. The topological polar surface area (TPSA) is 110 Å². The van der Waals surface area contributed by atoms with Gasteiger partial charge in [0.25, 0.3) is 5.69 Å². The molecule has 29 heavy (non-hydrogen) atoms. The van der Waals surface area contributed by atoms with Gasteiger partial charge in [-0.25, -0.2) is 14.8 Å². The Balaban J connectivity index is 1.72. The van der Waals surface area contributed by atoms with E-state index in [9.17, 15) is 14.9 Å². The molecule has 1 aliphatic rings. The molecule has 1 unspecified atom stereocenters. The summed E-state index contributed by atoms with van der Waals surface area (Å²) in [4.78, 5) is 33.6. The number of anilines is 1. The molecule has 3 rings (SSSR count). The highest BCUT2D eigenvalue weighted by molar-refractivity contribution is 5.68. The molecule has 1 amide bonds. The lowest BCUT2D eigenvalue weighted by Crippen LogP contribution is -2.40. The van der Waals surface area contributed by atoms with Gasteiger partial charge in [-0.15, -0.1) is 0 Å². The minimum absolute atomic E-state index is 0.0250. The highest BCUT2D eigenvalue weighted by Gasteiger charge is 2.27. The van der Waals surface area contributed by atoms with Crippen LogP contribution in [0.25, 0.3) is 11.4 Å². The molecule has 1 aromatic carbocycles. The van der Waals surface area contributed by atoms with Crippen molar-refractivity contribution in [3.05, 3.63) is 46.1 Å². The number of hydrogen-bond acceptors (Lipinski definition) is 7. The van der Waals surface area contributed by atoms with Gasteiger partial charge in [0, 0.05) is 42.5 Å². The molecule has 0 saturated carbocycles. The molecular formula is C20H25N5O4. The van der Waals surface area contributed by atoms with Gasteiger partial charge in [-0.1, -0.05) is 0 Å². The van der Waals surface area contributed by atoms with Crippen LogP contribution in [0, 0.1) is 17.0 Å². The van der Waals surface area contributed by atoms with E-state index in [1.165, 1.54) is 12.1 Å². The molecule has 0 spiro atoms. The predicted octanol–water partition coefficient (Wildman–Crippen LogP) is 3.46. The maximum absolute atomic E-state index is 12.0. The number of alkyl carbamates (subject to hydrolysis) is 1. The molecule has 0 bridgehead atoms. The first-order valence-corrected chi connectivity index (χ1v) is 9.46. The van der Waals surface area contributed by atoms with Crippen LogP contribution in [0.1, 0.15) is 32.9 Å². The molecule has 154 valence electrons. The zero-order chi connectivity index (χ0) is 21.2. The van der Waals surface area contributed by atoms with E-state index in [0.717, 1.165) is 24.5 Å². The van der Waals surface area contributed by atoms with Crippen molar-refractivity contribution in [3.8, 4) is 11.4 Å². The van der Waals surface area contributed by atoms with Gasteiger partial charge in [-0.05, 0) is 46.2 Å². The number of nitrogens with zero attached hydrogens (tertiary/aromatic N) is 4. The van der Waals surface area contributed by atoms with Crippen LogP contribution in [-0.4, -0.2) is 45.7 Å². The average Bonchev–Trinajstić information content (AvgIpc) is 3.08. The van der Waals surface area contributed by atoms with E-state index in [0.29, 0.717) is 17.9 Å². The predicted molar refractivity (Wildman–Crippen MR) is 109 cm³/mol. The highest BCUT2D eigenvalue weighted by Crippen LogP contribution is 2.25. The summed E-state index contributed by atoms with van der Waals surface area (Å²) >= 11 is 0. The summed E-state index contributed by atoms with van der Waals surface area (Å²) in [7, 11) is 0. The number of nitro groups is 1. The van der Waals surface area contributed by atoms with Gasteiger partial charge >= 0.3 is 6.09 Å². The third kappa shape index (κ3) is 5.40. The van der Waals surface area contributed by atoms with Crippen LogP contribution < -0.4 is 10.2 Å². The Kier molecular flexibility index (Phi) is 5.67. The zero-order valence-electron chi connectivity index (χ0n) is 17.0. The van der Waals surface area contributed by atoms with Gasteiger partial charge in [0.2, 0.25) is 0 Å². The summed E-state index contributed by atoms with van der Waals surface area (Å²) in [5.74, 6) is 1.28. The zero-order valence-corrected chi connectivity index (χ0v) is 17.0. The van der Waals surface area contributed by atoms with Gasteiger partial charge in [0.15, 0.2) is 5.82 Å². The number of rotatable bonds is 4. The maximum atomic E-state index is 12.0. The van der Waals surface area contributed by atoms with E-state index in [4.69, 9.17) is 4.74 Å². The normalized spacial score (nSPS) is 16.6. The SMILES string of the molecule is Cc1cc(N2CCC(NC(=O)OC(C)(C)C)C2)nc(-c2ccc([N+](=O)[O-])cc2)n1. The third-order valence-corrected chi connectivity index (χ3v) is 4.41. The highest BCUT2D eigenvalue weighted by atomic mass is 16.6. The fraction of sp³-hybridized carbons (Fsp3) is 0.450. The molecule has 1 aromatic heterocycles. The summed E-state index contributed by atoms with van der Waals surface area (Å²) in [6, 6.07) is 8.04. The van der Waals surface area contributed by atoms with E-state index in [2.05, 4.69) is 20.2 Å². The molecule has 1 aliphatic heterocycles. The smallest absolute Gasteiger partial charge is 0.407 e. The minimum atomic E-state index is -0.536. The Bertz CT molecular complexity index is 908. The van der Waals surface area contributed by atoms with Crippen LogP contribution in [0.3, 0.4) is 0 Å². The average molecular weight is 399 g/mol. The number of nitrogens with one attached hydrogen (secondary N) is 1. The number of nitro benzene ring substituents is 1. The van der Waals surface area contributed by atoms with Crippen LogP contribution >= 0.6 is 0 Å². The number of amides is 1. The maximum Gasteiger partial charge on any atom is 0.407 e. The van der Waals surface area contributed by atoms with Crippen LogP contribution in [0.4, 0.5) is 16.3 Å². The number of hydrogen-bond donors (Lipinski definition) is 1. The first-order valence-electron chi connectivity index (χ1n) is 9.46. The first-order chi connectivity index (χ1) is 13.6. The number of aryl methyl sites for hydroxylation is 1. The van der Waals surface area contributed by atoms with Gasteiger partial charge in [-0.2, -0.15) is 0 Å². The Morgan fingerprint density at radius 2 is 1.97 bits per heavy atom. The van der Waals surface area contributed by atoms with E-state index >= 15 is 0 Å². The second kappa shape index (κ2) is 8.02. The van der Waals surface area contributed by atoms with E-state index in [1.807, 2.05) is 33.8 Å². The molecule has 1 saturated heterocycles.